The van der Waals surface area contributed by atoms with Crippen molar-refractivity contribution < 1.29 is 32.6 Å². The van der Waals surface area contributed by atoms with E-state index in [0.29, 0.717) is 37.7 Å². The molecule has 0 radical (unpaired) electrons. The second-order valence-corrected chi connectivity index (χ2v) is 10.7. The molecule has 1 aliphatic heterocycles. The van der Waals surface area contributed by atoms with Gasteiger partial charge in [-0.05, 0) is 51.1 Å². The minimum absolute atomic E-state index is 0.0737. The second-order valence-electron chi connectivity index (χ2n) is 10.7. The molecule has 4 heterocycles. The maximum absolute atomic E-state index is 13.9. The number of benzene rings is 1. The quantitative estimate of drug-likeness (QED) is 0.328. The number of amides is 2. The first-order valence-corrected chi connectivity index (χ1v) is 13.4. The number of hydrogen-bond acceptors (Lipinski definition) is 9. The summed E-state index contributed by atoms with van der Waals surface area (Å²) in [5, 5.41) is 10.6. The monoisotopic (exact) mass is 596 g/mol. The number of alkyl halides is 2. The van der Waals surface area contributed by atoms with Crippen molar-refractivity contribution in [2.45, 2.75) is 32.8 Å². The van der Waals surface area contributed by atoms with E-state index in [2.05, 4.69) is 25.2 Å². The lowest BCUT2D eigenvalue weighted by Gasteiger charge is -2.36. The van der Waals surface area contributed by atoms with Crippen molar-refractivity contribution in [2.24, 2.45) is 0 Å². The molecule has 2 amide bonds. The van der Waals surface area contributed by atoms with Crippen molar-refractivity contribution in [2.75, 3.05) is 43.5 Å². The first-order chi connectivity index (χ1) is 20.4. The summed E-state index contributed by atoms with van der Waals surface area (Å²) in [7, 11) is 1.25. The third-order valence-electron chi connectivity index (χ3n) is 6.61. The normalized spacial score (nSPS) is 13.8. The molecular weight excluding hydrogens is 566 g/mol. The highest BCUT2D eigenvalue weighted by Crippen LogP contribution is 2.28. The van der Waals surface area contributed by atoms with E-state index in [4.69, 9.17) is 4.74 Å². The summed E-state index contributed by atoms with van der Waals surface area (Å²) in [5.41, 5.74) is -0.427. The van der Waals surface area contributed by atoms with Gasteiger partial charge in [0, 0.05) is 32.4 Å². The van der Waals surface area contributed by atoms with Crippen LogP contribution in [0.4, 0.5) is 25.1 Å². The van der Waals surface area contributed by atoms with Crippen LogP contribution < -0.4 is 10.2 Å². The molecule has 4 aromatic rings. The summed E-state index contributed by atoms with van der Waals surface area (Å²) < 4.78 is 40.5. The molecule has 13 nitrogen and oxygen atoms in total. The van der Waals surface area contributed by atoms with Crippen LogP contribution in [0.2, 0.25) is 0 Å². The van der Waals surface area contributed by atoms with Gasteiger partial charge in [-0.2, -0.15) is 10.2 Å². The largest absolute Gasteiger partial charge is 0.465 e. The Morgan fingerprint density at radius 2 is 1.72 bits per heavy atom. The Balaban J connectivity index is 1.33. The van der Waals surface area contributed by atoms with E-state index in [-0.39, 0.29) is 28.6 Å². The van der Waals surface area contributed by atoms with Crippen LogP contribution in [0.3, 0.4) is 0 Å². The zero-order valence-electron chi connectivity index (χ0n) is 24.0. The van der Waals surface area contributed by atoms with Gasteiger partial charge in [-0.1, -0.05) is 0 Å². The zero-order valence-corrected chi connectivity index (χ0v) is 24.0. The number of nitrogens with one attached hydrogen (secondary N) is 1. The SMILES string of the molecule is COC(=O)c1ccc(-n2cc(NC(=O)c3cnn4ccc(N5CCN(C(=O)OC(C)(C)C)CC5)nc34)c(C(F)F)n2)cc1. The number of ether oxygens (including phenoxy) is 2. The number of fused-ring (bicyclic) bond motifs is 1. The first-order valence-electron chi connectivity index (χ1n) is 13.4. The number of halogens is 2. The van der Waals surface area contributed by atoms with Crippen LogP contribution in [0.1, 0.15) is 53.6 Å². The molecule has 5 rings (SSSR count). The summed E-state index contributed by atoms with van der Waals surface area (Å²) in [6, 6.07) is 7.73. The average molecular weight is 597 g/mol. The molecule has 0 atom stereocenters. The van der Waals surface area contributed by atoms with Crippen molar-refractivity contribution in [3.63, 3.8) is 0 Å². The van der Waals surface area contributed by atoms with Crippen LogP contribution in [0.15, 0.2) is 48.9 Å². The fourth-order valence-electron chi connectivity index (χ4n) is 4.47. The first kappa shape index (κ1) is 29.4. The summed E-state index contributed by atoms with van der Waals surface area (Å²) >= 11 is 0. The molecule has 1 fully saturated rings. The highest BCUT2D eigenvalue weighted by atomic mass is 19.3. The fraction of sp³-hybridized carbons (Fsp3) is 0.357. The van der Waals surface area contributed by atoms with Crippen molar-refractivity contribution >= 4 is 35.1 Å². The van der Waals surface area contributed by atoms with Crippen LogP contribution in [-0.4, -0.2) is 86.1 Å². The van der Waals surface area contributed by atoms with Gasteiger partial charge < -0.3 is 24.6 Å². The molecule has 3 aromatic heterocycles. The molecule has 0 aliphatic carbocycles. The molecule has 0 saturated carbocycles. The Morgan fingerprint density at radius 1 is 1.02 bits per heavy atom. The molecule has 226 valence electrons. The minimum Gasteiger partial charge on any atom is -0.465 e. The Bertz CT molecular complexity index is 1650. The van der Waals surface area contributed by atoms with Crippen LogP contribution in [-0.2, 0) is 9.47 Å². The topological polar surface area (TPSA) is 136 Å². The lowest BCUT2D eigenvalue weighted by molar-refractivity contribution is 0.0240. The van der Waals surface area contributed by atoms with Gasteiger partial charge in [-0.3, -0.25) is 4.79 Å². The summed E-state index contributed by atoms with van der Waals surface area (Å²) in [6.07, 6.45) is 0.866. The highest BCUT2D eigenvalue weighted by Gasteiger charge is 2.27. The Kier molecular flexibility index (Phi) is 7.98. The molecule has 0 bridgehead atoms. The maximum Gasteiger partial charge on any atom is 0.410 e. The van der Waals surface area contributed by atoms with E-state index >= 15 is 0 Å². The molecule has 1 aliphatic rings. The van der Waals surface area contributed by atoms with E-state index in [1.54, 1.807) is 17.2 Å². The van der Waals surface area contributed by atoms with Crippen molar-refractivity contribution in [3.8, 4) is 5.69 Å². The lowest BCUT2D eigenvalue weighted by atomic mass is 10.2. The van der Waals surface area contributed by atoms with Crippen LogP contribution in [0.25, 0.3) is 11.3 Å². The Labute approximate surface area is 245 Å². The van der Waals surface area contributed by atoms with Gasteiger partial charge >= 0.3 is 12.1 Å². The van der Waals surface area contributed by atoms with E-state index in [1.165, 1.54) is 53.0 Å². The zero-order chi connectivity index (χ0) is 30.9. The summed E-state index contributed by atoms with van der Waals surface area (Å²) in [6.45, 7) is 7.29. The van der Waals surface area contributed by atoms with Crippen molar-refractivity contribution in [1.29, 1.82) is 0 Å². The number of nitrogens with zero attached hydrogens (tertiary/aromatic N) is 7. The number of carbonyl (C=O) groups is 3. The standard InChI is InChI=1S/C28H30F2N8O5/c1-28(2,3)43-27(41)36-13-11-35(12-14-36)21-9-10-37-24(33-21)19(15-31-37)25(39)32-20-16-38(34-22(20)23(29)30)18-7-5-17(6-8-18)26(40)42-4/h5-10,15-16,23H,11-14H2,1-4H3,(H,32,39). The molecule has 43 heavy (non-hydrogen) atoms. The summed E-state index contributed by atoms with van der Waals surface area (Å²) in [5.74, 6) is -0.666. The third-order valence-corrected chi connectivity index (χ3v) is 6.61. The number of methoxy groups -OCH3 is 1. The van der Waals surface area contributed by atoms with Gasteiger partial charge in [-0.25, -0.2) is 32.6 Å². The predicted octanol–water partition coefficient (Wildman–Crippen LogP) is 3.95. The number of rotatable bonds is 6. The number of carbonyl (C=O) groups excluding carboxylic acids is 3. The van der Waals surface area contributed by atoms with Gasteiger partial charge in [0.15, 0.2) is 11.3 Å². The second kappa shape index (κ2) is 11.7. The number of esters is 1. The Hall–Kier alpha value is -5.08. The molecule has 1 saturated heterocycles. The lowest BCUT2D eigenvalue weighted by Crippen LogP contribution is -2.50. The van der Waals surface area contributed by atoms with Gasteiger partial charge in [0.1, 0.15) is 17.0 Å². The summed E-state index contributed by atoms with van der Waals surface area (Å²) in [4.78, 5) is 45.6. The maximum atomic E-state index is 13.9. The van der Waals surface area contributed by atoms with E-state index in [0.717, 1.165) is 0 Å². The van der Waals surface area contributed by atoms with Gasteiger partial charge in [-0.15, -0.1) is 0 Å². The van der Waals surface area contributed by atoms with Crippen molar-refractivity contribution in [3.05, 3.63) is 65.7 Å². The molecule has 0 unspecified atom stereocenters. The third kappa shape index (κ3) is 6.39. The van der Waals surface area contributed by atoms with Gasteiger partial charge in [0.2, 0.25) is 0 Å². The van der Waals surface area contributed by atoms with Crippen LogP contribution in [0, 0.1) is 0 Å². The fourth-order valence-corrected chi connectivity index (χ4v) is 4.47. The molecule has 1 aromatic carbocycles. The predicted molar refractivity (Wildman–Crippen MR) is 151 cm³/mol. The molecular formula is C28H30F2N8O5. The number of aromatic nitrogens is 5. The number of anilines is 2. The molecule has 1 N–H and O–H groups in total. The molecule has 15 heteroatoms. The average Bonchev–Trinajstić information content (AvgIpc) is 3.60. The Morgan fingerprint density at radius 3 is 2.35 bits per heavy atom. The van der Waals surface area contributed by atoms with Crippen LogP contribution >= 0.6 is 0 Å². The smallest absolute Gasteiger partial charge is 0.410 e. The molecule has 0 spiro atoms. The van der Waals surface area contributed by atoms with Crippen molar-refractivity contribution in [1.82, 2.24) is 29.3 Å². The van der Waals surface area contributed by atoms with Gasteiger partial charge in [0.05, 0.1) is 36.4 Å². The highest BCUT2D eigenvalue weighted by molar-refractivity contribution is 6.08. The minimum atomic E-state index is -2.97. The van der Waals surface area contributed by atoms with E-state index < -0.39 is 29.6 Å². The number of hydrogen-bond donors (Lipinski definition) is 1. The van der Waals surface area contributed by atoms with E-state index in [1.807, 2.05) is 25.7 Å². The number of piperazine rings is 1. The van der Waals surface area contributed by atoms with Gasteiger partial charge in [0.25, 0.3) is 12.3 Å². The van der Waals surface area contributed by atoms with E-state index in [9.17, 15) is 23.2 Å². The van der Waals surface area contributed by atoms with Crippen LogP contribution in [0.5, 0.6) is 0 Å².